The molecule has 2 rings (SSSR count). The van der Waals surface area contributed by atoms with Crippen LogP contribution in [-0.4, -0.2) is 21.9 Å². The molecule has 1 aromatic heterocycles. The van der Waals surface area contributed by atoms with Crippen molar-refractivity contribution in [2.24, 2.45) is 0 Å². The van der Waals surface area contributed by atoms with Crippen molar-refractivity contribution < 1.29 is 24.0 Å². The Morgan fingerprint density at radius 2 is 2.04 bits per heavy atom. The van der Waals surface area contributed by atoms with Crippen molar-refractivity contribution in [1.82, 2.24) is 5.32 Å². The quantitative estimate of drug-likeness (QED) is 0.496. The molecule has 8 nitrogen and oxygen atoms in total. The number of carbonyl (C=O) groups is 2. The van der Waals surface area contributed by atoms with Crippen LogP contribution in [0.3, 0.4) is 0 Å². The van der Waals surface area contributed by atoms with Crippen LogP contribution < -0.4 is 5.32 Å². The number of nitrogens with one attached hydrogen (secondary N) is 1. The zero-order valence-corrected chi connectivity index (χ0v) is 12.0. The highest BCUT2D eigenvalue weighted by Gasteiger charge is 2.12. The predicted molar refractivity (Wildman–Crippen MR) is 80.2 cm³/mol. The van der Waals surface area contributed by atoms with Crippen molar-refractivity contribution in [1.29, 1.82) is 0 Å². The number of rotatable bonds is 5. The summed E-state index contributed by atoms with van der Waals surface area (Å²) in [6.45, 7) is 1.19. The summed E-state index contributed by atoms with van der Waals surface area (Å²) in [6.07, 6.45) is 1.16. The summed E-state index contributed by atoms with van der Waals surface area (Å²) in [5.41, 5.74) is 0.0631. The lowest BCUT2D eigenvalue weighted by atomic mass is 10.1. The van der Waals surface area contributed by atoms with Crippen LogP contribution in [0, 0.1) is 10.1 Å². The molecule has 0 fully saturated rings. The molecule has 0 aliphatic heterocycles. The van der Waals surface area contributed by atoms with E-state index < -0.39 is 16.8 Å². The van der Waals surface area contributed by atoms with Gasteiger partial charge in [-0.05, 0) is 12.1 Å². The molecule has 0 atom stereocenters. The summed E-state index contributed by atoms with van der Waals surface area (Å²) in [7, 11) is 0. The van der Waals surface area contributed by atoms with Gasteiger partial charge in [0.05, 0.1) is 4.92 Å². The third-order valence-corrected chi connectivity index (χ3v) is 2.80. The number of non-ortho nitro benzene ring substituents is 1. The first-order valence-electron chi connectivity index (χ1n) is 6.44. The van der Waals surface area contributed by atoms with E-state index in [4.69, 9.17) is 9.52 Å². The van der Waals surface area contributed by atoms with Gasteiger partial charge in [-0.15, -0.1) is 0 Å². The third-order valence-electron chi connectivity index (χ3n) is 2.80. The second-order valence-corrected chi connectivity index (χ2v) is 4.55. The van der Waals surface area contributed by atoms with Crippen molar-refractivity contribution in [2.45, 2.75) is 6.92 Å². The molecular weight excluding hydrogens is 304 g/mol. The maximum absolute atomic E-state index is 11.0. The molecule has 0 spiro atoms. The third kappa shape index (κ3) is 4.03. The second-order valence-electron chi connectivity index (χ2n) is 4.55. The van der Waals surface area contributed by atoms with E-state index in [-0.39, 0.29) is 17.1 Å². The highest BCUT2D eigenvalue weighted by Crippen LogP contribution is 2.26. The molecular formula is C15H12N2O6. The number of nitrogens with zero attached hydrogens (tertiary/aromatic N) is 1. The standard InChI is InChI=1S/C15H12N2O6/c1-9(18)16-13(15(19)20)8-12-5-6-14(23-12)10-3-2-4-11(7-10)17(21)22/h2-8H,1H3,(H,16,18)(H,19,20)/b13-8+. The van der Waals surface area contributed by atoms with Gasteiger partial charge in [-0.3, -0.25) is 14.9 Å². The fraction of sp³-hybridized carbons (Fsp3) is 0.0667. The van der Waals surface area contributed by atoms with Gasteiger partial charge in [-0.25, -0.2) is 4.79 Å². The van der Waals surface area contributed by atoms with Crippen LogP contribution in [0.5, 0.6) is 0 Å². The Hall–Kier alpha value is -3.42. The molecule has 8 heteroatoms. The number of hydrogen-bond donors (Lipinski definition) is 2. The van der Waals surface area contributed by atoms with E-state index in [9.17, 15) is 19.7 Å². The van der Waals surface area contributed by atoms with Crippen molar-refractivity contribution in [3.63, 3.8) is 0 Å². The molecule has 0 saturated heterocycles. The normalized spacial score (nSPS) is 11.1. The lowest BCUT2D eigenvalue weighted by Crippen LogP contribution is -2.24. The highest BCUT2D eigenvalue weighted by atomic mass is 16.6. The van der Waals surface area contributed by atoms with Gasteiger partial charge in [-0.2, -0.15) is 0 Å². The van der Waals surface area contributed by atoms with E-state index in [1.807, 2.05) is 0 Å². The number of hydrogen-bond acceptors (Lipinski definition) is 5. The minimum absolute atomic E-state index is 0.0829. The summed E-state index contributed by atoms with van der Waals surface area (Å²) >= 11 is 0. The Labute approximate surface area is 130 Å². The van der Waals surface area contributed by atoms with Crippen molar-refractivity contribution in [2.75, 3.05) is 0 Å². The van der Waals surface area contributed by atoms with Gasteiger partial charge in [0.2, 0.25) is 5.91 Å². The van der Waals surface area contributed by atoms with Crippen LogP contribution in [0.2, 0.25) is 0 Å². The number of benzene rings is 1. The molecule has 0 bridgehead atoms. The molecule has 0 aliphatic carbocycles. The SMILES string of the molecule is CC(=O)N/C(=C/c1ccc(-c2cccc([N+](=O)[O-])c2)o1)C(=O)O. The minimum atomic E-state index is -1.31. The maximum Gasteiger partial charge on any atom is 0.352 e. The van der Waals surface area contributed by atoms with E-state index in [1.54, 1.807) is 12.1 Å². The van der Waals surface area contributed by atoms with Crippen LogP contribution in [0.25, 0.3) is 17.4 Å². The summed E-state index contributed by atoms with van der Waals surface area (Å²) in [5, 5.41) is 22.0. The van der Waals surface area contributed by atoms with Gasteiger partial charge in [0.25, 0.3) is 5.69 Å². The van der Waals surface area contributed by atoms with Crippen LogP contribution in [-0.2, 0) is 9.59 Å². The van der Waals surface area contributed by atoms with E-state index in [2.05, 4.69) is 5.32 Å². The molecule has 0 unspecified atom stereocenters. The Balaban J connectivity index is 2.33. The number of carboxylic acids is 1. The van der Waals surface area contributed by atoms with E-state index in [0.717, 1.165) is 6.08 Å². The Bertz CT molecular complexity index is 806. The molecule has 118 valence electrons. The Kier molecular flexibility index (Phi) is 4.55. The molecule has 1 heterocycles. The van der Waals surface area contributed by atoms with Gasteiger partial charge in [-0.1, -0.05) is 12.1 Å². The highest BCUT2D eigenvalue weighted by molar-refractivity contribution is 5.96. The summed E-state index contributed by atoms with van der Waals surface area (Å²) in [5.74, 6) is -1.30. The van der Waals surface area contributed by atoms with E-state index >= 15 is 0 Å². The van der Waals surface area contributed by atoms with E-state index in [1.165, 1.54) is 31.2 Å². The number of nitro benzene ring substituents is 1. The number of amides is 1. The second kappa shape index (κ2) is 6.56. The largest absolute Gasteiger partial charge is 0.477 e. The first-order valence-corrected chi connectivity index (χ1v) is 6.44. The first kappa shape index (κ1) is 16.0. The van der Waals surface area contributed by atoms with Gasteiger partial charge in [0, 0.05) is 30.7 Å². The van der Waals surface area contributed by atoms with Gasteiger partial charge < -0.3 is 14.8 Å². The Morgan fingerprint density at radius 1 is 1.30 bits per heavy atom. The lowest BCUT2D eigenvalue weighted by molar-refractivity contribution is -0.384. The fourth-order valence-electron chi connectivity index (χ4n) is 1.84. The van der Waals surface area contributed by atoms with Crippen LogP contribution in [0.4, 0.5) is 5.69 Å². The topological polar surface area (TPSA) is 123 Å². The van der Waals surface area contributed by atoms with Gasteiger partial charge >= 0.3 is 5.97 Å². The Morgan fingerprint density at radius 3 is 2.65 bits per heavy atom. The molecule has 0 aliphatic rings. The number of nitro groups is 1. The van der Waals surface area contributed by atoms with Gasteiger partial charge in [0.15, 0.2) is 0 Å². The monoisotopic (exact) mass is 316 g/mol. The average molecular weight is 316 g/mol. The predicted octanol–water partition coefficient (Wildman–Crippen LogP) is 2.42. The smallest absolute Gasteiger partial charge is 0.352 e. The molecule has 2 aromatic rings. The van der Waals surface area contributed by atoms with Crippen molar-refractivity contribution in [3.8, 4) is 11.3 Å². The molecule has 23 heavy (non-hydrogen) atoms. The van der Waals surface area contributed by atoms with Crippen molar-refractivity contribution >= 4 is 23.6 Å². The maximum atomic E-state index is 11.0. The van der Waals surface area contributed by atoms with Crippen LogP contribution in [0.15, 0.2) is 46.5 Å². The number of furan rings is 1. The zero-order chi connectivity index (χ0) is 17.0. The fourth-order valence-corrected chi connectivity index (χ4v) is 1.84. The summed E-state index contributed by atoms with van der Waals surface area (Å²) in [4.78, 5) is 32.3. The average Bonchev–Trinajstić information content (AvgIpc) is 2.94. The van der Waals surface area contributed by atoms with Crippen molar-refractivity contribution in [3.05, 3.63) is 58.0 Å². The molecule has 1 aromatic carbocycles. The van der Waals surface area contributed by atoms with Crippen LogP contribution in [0.1, 0.15) is 12.7 Å². The van der Waals surface area contributed by atoms with E-state index in [0.29, 0.717) is 11.3 Å². The molecule has 1 amide bonds. The van der Waals surface area contributed by atoms with Gasteiger partial charge in [0.1, 0.15) is 17.2 Å². The number of carbonyl (C=O) groups excluding carboxylic acids is 1. The number of carboxylic acid groups (broad SMARTS) is 1. The molecule has 0 radical (unpaired) electrons. The molecule has 2 N–H and O–H groups in total. The molecule has 0 saturated carbocycles. The van der Waals surface area contributed by atoms with Crippen LogP contribution >= 0.6 is 0 Å². The number of aliphatic carboxylic acids is 1. The summed E-state index contributed by atoms with van der Waals surface area (Å²) < 4.78 is 5.45. The lowest BCUT2D eigenvalue weighted by Gasteiger charge is -2.01. The minimum Gasteiger partial charge on any atom is -0.477 e. The summed E-state index contributed by atoms with van der Waals surface area (Å²) in [6, 6.07) is 8.90. The first-order chi connectivity index (χ1) is 10.9. The zero-order valence-electron chi connectivity index (χ0n) is 12.0.